The smallest absolute Gasteiger partial charge is 0.193 e. The van der Waals surface area contributed by atoms with E-state index in [2.05, 4.69) is 5.32 Å². The summed E-state index contributed by atoms with van der Waals surface area (Å²) in [6, 6.07) is 12.7. The average molecular weight is 368 g/mol. The number of nitrogens with zero attached hydrogens (tertiary/aromatic N) is 1. The lowest BCUT2D eigenvalue weighted by atomic mass is 9.88. The van der Waals surface area contributed by atoms with Crippen molar-refractivity contribution in [3.05, 3.63) is 70.9 Å². The number of phenolic OH excluding ortho intramolecular Hbond substituents is 2. The molecule has 0 fully saturated rings. The molecule has 0 aromatic heterocycles. The first-order valence-corrected chi connectivity index (χ1v) is 8.75. The Labute approximate surface area is 157 Å². The average Bonchev–Trinajstić information content (AvgIpc) is 2.62. The second-order valence-corrected chi connectivity index (χ2v) is 6.45. The highest BCUT2D eigenvalue weighted by Gasteiger charge is 2.34. The molecule has 0 aliphatic carbocycles. The molecule has 1 heterocycles. The highest BCUT2D eigenvalue weighted by molar-refractivity contribution is 7.80. The molecule has 1 unspecified atom stereocenters. The van der Waals surface area contributed by atoms with Crippen molar-refractivity contribution in [2.75, 3.05) is 6.54 Å². The molecule has 0 saturated carbocycles. The number of carbonyl (C=O) groups excluding carboxylic acids is 1. The van der Waals surface area contributed by atoms with Crippen molar-refractivity contribution in [2.24, 2.45) is 0 Å². The summed E-state index contributed by atoms with van der Waals surface area (Å²) >= 11 is 5.44. The van der Waals surface area contributed by atoms with Crippen molar-refractivity contribution in [2.45, 2.75) is 19.9 Å². The third-order valence-corrected chi connectivity index (χ3v) is 4.86. The molecule has 26 heavy (non-hydrogen) atoms. The number of allylic oxidation sites excluding steroid dienone is 1. The Balaban J connectivity index is 2.17. The van der Waals surface area contributed by atoms with Gasteiger partial charge in [0.1, 0.15) is 11.5 Å². The van der Waals surface area contributed by atoms with E-state index in [0.29, 0.717) is 28.4 Å². The summed E-state index contributed by atoms with van der Waals surface area (Å²) in [5.74, 6) is -0.271. The van der Waals surface area contributed by atoms with E-state index in [-0.39, 0.29) is 17.3 Å². The van der Waals surface area contributed by atoms with Gasteiger partial charge in [0, 0.05) is 35.0 Å². The highest BCUT2D eigenvalue weighted by Crippen LogP contribution is 2.37. The predicted octanol–water partition coefficient (Wildman–Crippen LogP) is 3.51. The quantitative estimate of drug-likeness (QED) is 0.567. The van der Waals surface area contributed by atoms with Gasteiger partial charge < -0.3 is 20.4 Å². The van der Waals surface area contributed by atoms with E-state index in [0.717, 1.165) is 5.70 Å². The molecule has 134 valence electrons. The Hall–Kier alpha value is -2.86. The maximum atomic E-state index is 13.2. The van der Waals surface area contributed by atoms with Crippen LogP contribution in [0.25, 0.3) is 0 Å². The maximum absolute atomic E-state index is 13.2. The molecule has 0 bridgehead atoms. The molecular weight excluding hydrogens is 348 g/mol. The van der Waals surface area contributed by atoms with Gasteiger partial charge in [-0.15, -0.1) is 0 Å². The molecule has 0 radical (unpaired) electrons. The highest BCUT2D eigenvalue weighted by atomic mass is 32.1. The van der Waals surface area contributed by atoms with Gasteiger partial charge in [0.25, 0.3) is 0 Å². The molecule has 2 aromatic rings. The summed E-state index contributed by atoms with van der Waals surface area (Å²) in [5.41, 5.74) is 2.32. The van der Waals surface area contributed by atoms with E-state index in [9.17, 15) is 15.0 Å². The number of carbonyl (C=O) groups is 1. The van der Waals surface area contributed by atoms with E-state index in [1.807, 2.05) is 36.9 Å². The van der Waals surface area contributed by atoms with Crippen LogP contribution in [0.15, 0.2) is 59.8 Å². The number of Topliss-reactive ketones (excluding diaryl/α,β-unsaturated/α-hetero) is 1. The zero-order chi connectivity index (χ0) is 18.8. The second kappa shape index (κ2) is 7.17. The van der Waals surface area contributed by atoms with Gasteiger partial charge in [0.05, 0.1) is 6.04 Å². The summed E-state index contributed by atoms with van der Waals surface area (Å²) in [6.45, 7) is 4.44. The van der Waals surface area contributed by atoms with Crippen LogP contribution in [0.2, 0.25) is 0 Å². The first-order chi connectivity index (χ1) is 12.4. The lowest BCUT2D eigenvalue weighted by molar-refractivity contribution is 0.102. The van der Waals surface area contributed by atoms with E-state index < -0.39 is 6.04 Å². The van der Waals surface area contributed by atoms with Gasteiger partial charge in [-0.05, 0) is 38.2 Å². The number of phenols is 2. The van der Waals surface area contributed by atoms with Crippen LogP contribution < -0.4 is 5.32 Å². The predicted molar refractivity (Wildman–Crippen MR) is 104 cm³/mol. The van der Waals surface area contributed by atoms with Gasteiger partial charge in [0.2, 0.25) is 0 Å². The largest absolute Gasteiger partial charge is 0.508 e. The van der Waals surface area contributed by atoms with E-state index >= 15 is 0 Å². The van der Waals surface area contributed by atoms with Crippen LogP contribution in [-0.2, 0) is 0 Å². The van der Waals surface area contributed by atoms with Crippen LogP contribution in [0, 0.1) is 0 Å². The summed E-state index contributed by atoms with van der Waals surface area (Å²) in [6.07, 6.45) is 0. The molecule has 0 saturated heterocycles. The Morgan fingerprint density at radius 1 is 1.19 bits per heavy atom. The molecule has 5 nitrogen and oxygen atoms in total. The van der Waals surface area contributed by atoms with Crippen LogP contribution in [-0.4, -0.2) is 32.6 Å². The fourth-order valence-corrected chi connectivity index (χ4v) is 3.59. The zero-order valence-corrected chi connectivity index (χ0v) is 15.4. The summed E-state index contributed by atoms with van der Waals surface area (Å²) in [7, 11) is 0. The minimum absolute atomic E-state index is 0.0449. The zero-order valence-electron chi connectivity index (χ0n) is 14.6. The Morgan fingerprint density at radius 2 is 1.88 bits per heavy atom. The van der Waals surface area contributed by atoms with Gasteiger partial charge in [-0.2, -0.15) is 0 Å². The lowest BCUT2D eigenvalue weighted by Gasteiger charge is -2.37. The molecule has 0 amide bonds. The molecule has 2 aromatic carbocycles. The van der Waals surface area contributed by atoms with Crippen LogP contribution in [0.5, 0.6) is 11.5 Å². The van der Waals surface area contributed by atoms with Gasteiger partial charge in [-0.1, -0.05) is 30.3 Å². The minimum Gasteiger partial charge on any atom is -0.508 e. The number of aromatic hydroxyl groups is 2. The summed E-state index contributed by atoms with van der Waals surface area (Å²) < 4.78 is 0. The third kappa shape index (κ3) is 3.15. The Kier molecular flexibility index (Phi) is 4.95. The van der Waals surface area contributed by atoms with E-state index in [1.54, 1.807) is 18.2 Å². The normalized spacial score (nSPS) is 17.2. The molecule has 3 N–H and O–H groups in total. The molecule has 1 aliphatic heterocycles. The topological polar surface area (TPSA) is 72.8 Å². The van der Waals surface area contributed by atoms with Crippen molar-refractivity contribution >= 4 is 23.1 Å². The monoisotopic (exact) mass is 368 g/mol. The van der Waals surface area contributed by atoms with Crippen molar-refractivity contribution in [1.29, 1.82) is 0 Å². The minimum atomic E-state index is -0.599. The van der Waals surface area contributed by atoms with Crippen molar-refractivity contribution < 1.29 is 15.0 Å². The number of hydrogen-bond acceptors (Lipinski definition) is 4. The van der Waals surface area contributed by atoms with Crippen LogP contribution in [0.4, 0.5) is 0 Å². The maximum Gasteiger partial charge on any atom is 0.193 e. The van der Waals surface area contributed by atoms with Crippen molar-refractivity contribution in [3.63, 3.8) is 0 Å². The van der Waals surface area contributed by atoms with Gasteiger partial charge in [-0.25, -0.2) is 0 Å². The number of nitrogens with one attached hydrogen (secondary N) is 1. The van der Waals surface area contributed by atoms with Gasteiger partial charge in [-0.3, -0.25) is 4.79 Å². The molecule has 1 atom stereocenters. The van der Waals surface area contributed by atoms with E-state index in [1.165, 1.54) is 12.1 Å². The fraction of sp³-hybridized carbons (Fsp3) is 0.200. The van der Waals surface area contributed by atoms with Crippen molar-refractivity contribution in [1.82, 2.24) is 10.2 Å². The number of ketones is 1. The fourth-order valence-electron chi connectivity index (χ4n) is 3.21. The number of benzene rings is 2. The van der Waals surface area contributed by atoms with Crippen LogP contribution in [0.3, 0.4) is 0 Å². The number of rotatable bonds is 4. The van der Waals surface area contributed by atoms with Crippen LogP contribution in [0.1, 0.15) is 35.8 Å². The van der Waals surface area contributed by atoms with Crippen LogP contribution >= 0.6 is 12.2 Å². The molecule has 3 rings (SSSR count). The van der Waals surface area contributed by atoms with Gasteiger partial charge in [0.15, 0.2) is 10.9 Å². The summed E-state index contributed by atoms with van der Waals surface area (Å²) in [4.78, 5) is 15.1. The van der Waals surface area contributed by atoms with Gasteiger partial charge >= 0.3 is 0 Å². The Morgan fingerprint density at radius 3 is 2.50 bits per heavy atom. The molecule has 1 aliphatic rings. The molecular formula is C20H20N2O3S. The Bertz CT molecular complexity index is 893. The summed E-state index contributed by atoms with van der Waals surface area (Å²) in [5, 5.41) is 23.6. The third-order valence-electron chi connectivity index (χ3n) is 4.52. The molecule has 6 heteroatoms. The number of thiocarbonyl (C=S) groups is 1. The first kappa shape index (κ1) is 17.9. The SMILES string of the molecule is CCN1C(=S)NC(c2ccc(O)cc2O)C(C(=O)c2ccccc2)=C1C. The van der Waals surface area contributed by atoms with E-state index in [4.69, 9.17) is 12.2 Å². The second-order valence-electron chi connectivity index (χ2n) is 6.06. The molecule has 0 spiro atoms. The first-order valence-electron chi connectivity index (χ1n) is 8.34. The standard InChI is InChI=1S/C20H20N2O3S/c1-3-22-12(2)17(19(25)13-7-5-4-6-8-13)18(21-20(22)26)15-10-9-14(23)11-16(15)24/h4-11,18,23-24H,3H2,1-2H3,(H,21,26). The van der Waals surface area contributed by atoms with Crippen molar-refractivity contribution in [3.8, 4) is 11.5 Å². The number of hydrogen-bond donors (Lipinski definition) is 3. The lowest BCUT2D eigenvalue weighted by Crippen LogP contribution is -2.47.